The second-order valence-electron chi connectivity index (χ2n) is 7.51. The molecule has 154 valence electrons. The molecular formula is C20H20Cl3N3O3. The van der Waals surface area contributed by atoms with Crippen LogP contribution in [0.5, 0.6) is 0 Å². The van der Waals surface area contributed by atoms with Gasteiger partial charge >= 0.3 is 0 Å². The van der Waals surface area contributed by atoms with E-state index in [-0.39, 0.29) is 32.0 Å². The number of benzene rings is 2. The molecule has 1 N–H and O–H groups in total. The largest absolute Gasteiger partial charge is 0.365 e. The van der Waals surface area contributed by atoms with E-state index in [1.807, 2.05) is 4.90 Å². The number of piperidine rings is 1. The van der Waals surface area contributed by atoms with Crippen LogP contribution in [0.25, 0.3) is 0 Å². The van der Waals surface area contributed by atoms with E-state index in [9.17, 15) is 14.9 Å². The van der Waals surface area contributed by atoms with E-state index >= 15 is 0 Å². The topological polar surface area (TPSA) is 75.5 Å². The number of carbonyl (C=O) groups excluding carboxylic acids is 1. The van der Waals surface area contributed by atoms with Gasteiger partial charge in [-0.15, -0.1) is 0 Å². The Kier molecular flexibility index (Phi) is 6.56. The van der Waals surface area contributed by atoms with Gasteiger partial charge in [0, 0.05) is 24.7 Å². The number of carbonyl (C=O) groups is 1. The smallest absolute Gasteiger partial charge is 0.293 e. The van der Waals surface area contributed by atoms with Crippen molar-refractivity contribution in [2.24, 2.45) is 11.8 Å². The second-order valence-corrected chi connectivity index (χ2v) is 8.73. The van der Waals surface area contributed by atoms with E-state index in [2.05, 4.69) is 19.2 Å². The van der Waals surface area contributed by atoms with Crippen molar-refractivity contribution in [1.29, 1.82) is 0 Å². The number of halogens is 3. The molecule has 6 nitrogen and oxygen atoms in total. The lowest BCUT2D eigenvalue weighted by atomic mass is 9.91. The number of anilines is 2. The Hall–Kier alpha value is -2.02. The number of nitrogens with one attached hydrogen (secondary N) is 1. The summed E-state index contributed by atoms with van der Waals surface area (Å²) in [5.41, 5.74) is 0.855. The zero-order valence-electron chi connectivity index (χ0n) is 15.9. The average molecular weight is 457 g/mol. The molecule has 2 aromatic rings. The minimum absolute atomic E-state index is 0.0980. The zero-order chi connectivity index (χ0) is 21.3. The van der Waals surface area contributed by atoms with Crippen molar-refractivity contribution in [3.05, 3.63) is 61.1 Å². The third-order valence-corrected chi connectivity index (χ3v) is 5.94. The predicted molar refractivity (Wildman–Crippen MR) is 118 cm³/mol. The summed E-state index contributed by atoms with van der Waals surface area (Å²) in [6.07, 6.45) is 1.09. The van der Waals surface area contributed by atoms with Crippen molar-refractivity contribution < 1.29 is 9.72 Å². The van der Waals surface area contributed by atoms with Crippen LogP contribution in [0.15, 0.2) is 30.3 Å². The highest BCUT2D eigenvalue weighted by atomic mass is 35.5. The van der Waals surface area contributed by atoms with Gasteiger partial charge in [-0.2, -0.15) is 0 Å². The van der Waals surface area contributed by atoms with Gasteiger partial charge in [0.2, 0.25) is 0 Å². The fourth-order valence-corrected chi connectivity index (χ4v) is 4.34. The van der Waals surface area contributed by atoms with E-state index in [0.29, 0.717) is 17.5 Å². The van der Waals surface area contributed by atoms with Crippen molar-refractivity contribution >= 4 is 57.8 Å². The fraction of sp³-hybridized carbons (Fsp3) is 0.350. The molecule has 0 bridgehead atoms. The van der Waals surface area contributed by atoms with Crippen molar-refractivity contribution in [3.8, 4) is 0 Å². The van der Waals surface area contributed by atoms with Crippen molar-refractivity contribution in [3.63, 3.8) is 0 Å². The molecule has 9 heteroatoms. The first-order valence-corrected chi connectivity index (χ1v) is 10.3. The molecule has 0 unspecified atom stereocenters. The maximum absolute atomic E-state index is 12.6. The van der Waals surface area contributed by atoms with Gasteiger partial charge in [-0.05, 0) is 42.5 Å². The minimum Gasteiger partial charge on any atom is -0.365 e. The first-order chi connectivity index (χ1) is 13.7. The Morgan fingerprint density at radius 2 is 1.69 bits per heavy atom. The normalized spacial score (nSPS) is 19.1. The highest BCUT2D eigenvalue weighted by molar-refractivity contribution is 6.44. The summed E-state index contributed by atoms with van der Waals surface area (Å²) in [6, 6.07) is 7.36. The van der Waals surface area contributed by atoms with Crippen LogP contribution in [-0.4, -0.2) is 23.9 Å². The molecule has 0 spiro atoms. The number of nitrogens with zero attached hydrogens (tertiary/aromatic N) is 2. The van der Waals surface area contributed by atoms with Crippen molar-refractivity contribution in [1.82, 2.24) is 0 Å². The number of hydrogen-bond acceptors (Lipinski definition) is 4. The van der Waals surface area contributed by atoms with Crippen LogP contribution < -0.4 is 10.2 Å². The second kappa shape index (κ2) is 8.78. The average Bonchev–Trinajstić information content (AvgIpc) is 2.64. The third kappa shape index (κ3) is 4.94. The van der Waals surface area contributed by atoms with Gasteiger partial charge in [0.15, 0.2) is 0 Å². The summed E-state index contributed by atoms with van der Waals surface area (Å²) in [7, 11) is 0. The SMILES string of the molecule is C[C@H]1C[C@H](C)CN(c2ccc(C(=O)Nc3cc(Cl)c(Cl)cc3Cl)cc2[N+](=O)[O-])C1. The van der Waals surface area contributed by atoms with Crippen LogP contribution in [0.4, 0.5) is 17.1 Å². The summed E-state index contributed by atoms with van der Waals surface area (Å²) < 4.78 is 0. The number of rotatable bonds is 4. The Labute approximate surface area is 183 Å². The monoisotopic (exact) mass is 455 g/mol. The van der Waals surface area contributed by atoms with Gasteiger partial charge in [-0.25, -0.2) is 0 Å². The Balaban J connectivity index is 1.89. The molecule has 1 saturated heterocycles. The zero-order valence-corrected chi connectivity index (χ0v) is 18.2. The van der Waals surface area contributed by atoms with E-state index < -0.39 is 10.8 Å². The maximum atomic E-state index is 12.6. The van der Waals surface area contributed by atoms with Gasteiger partial charge in [0.05, 0.1) is 25.7 Å². The van der Waals surface area contributed by atoms with Crippen LogP contribution in [-0.2, 0) is 0 Å². The molecule has 0 saturated carbocycles. The Bertz CT molecular complexity index is 957. The van der Waals surface area contributed by atoms with Crippen molar-refractivity contribution in [2.75, 3.05) is 23.3 Å². The minimum atomic E-state index is -0.527. The maximum Gasteiger partial charge on any atom is 0.293 e. The number of hydrogen-bond donors (Lipinski definition) is 1. The number of nitro benzene ring substituents is 1. The predicted octanol–water partition coefficient (Wildman–Crippen LogP) is 6.29. The van der Waals surface area contributed by atoms with Crippen LogP contribution in [0.3, 0.4) is 0 Å². The molecule has 2 aromatic carbocycles. The summed E-state index contributed by atoms with van der Waals surface area (Å²) in [5.74, 6) is 0.358. The number of amides is 1. The third-order valence-electron chi connectivity index (χ3n) is 4.90. The van der Waals surface area contributed by atoms with E-state index in [4.69, 9.17) is 34.8 Å². The standard InChI is InChI=1S/C20H20Cl3N3O3/c1-11-5-12(2)10-25(9-11)18-4-3-13(6-19(18)26(28)29)20(27)24-17-8-15(22)14(21)7-16(17)23/h3-4,6-8,11-12H,5,9-10H2,1-2H3,(H,24,27)/t11-,12-/m0/s1. The van der Waals surface area contributed by atoms with Crippen LogP contribution in [0, 0.1) is 22.0 Å². The molecular weight excluding hydrogens is 437 g/mol. The van der Waals surface area contributed by atoms with Crippen LogP contribution in [0.2, 0.25) is 15.1 Å². The van der Waals surface area contributed by atoms with Crippen LogP contribution >= 0.6 is 34.8 Å². The molecule has 1 amide bonds. The molecule has 1 aliphatic heterocycles. The molecule has 0 aromatic heterocycles. The summed E-state index contributed by atoms with van der Waals surface area (Å²) in [5, 5.41) is 15.0. The van der Waals surface area contributed by atoms with Gasteiger partial charge in [0.1, 0.15) is 5.69 Å². The van der Waals surface area contributed by atoms with E-state index in [1.54, 1.807) is 12.1 Å². The molecule has 2 atom stereocenters. The first kappa shape index (κ1) is 21.7. The highest BCUT2D eigenvalue weighted by Crippen LogP contribution is 2.35. The Morgan fingerprint density at radius 1 is 1.07 bits per heavy atom. The highest BCUT2D eigenvalue weighted by Gasteiger charge is 2.28. The van der Waals surface area contributed by atoms with E-state index in [1.165, 1.54) is 18.2 Å². The fourth-order valence-electron chi connectivity index (χ4n) is 3.75. The van der Waals surface area contributed by atoms with Crippen LogP contribution in [0.1, 0.15) is 30.6 Å². The molecule has 0 aliphatic carbocycles. The lowest BCUT2D eigenvalue weighted by Gasteiger charge is -2.36. The van der Waals surface area contributed by atoms with Gasteiger partial charge in [0.25, 0.3) is 11.6 Å². The first-order valence-electron chi connectivity index (χ1n) is 9.15. The summed E-state index contributed by atoms with van der Waals surface area (Å²) >= 11 is 18.0. The molecule has 1 heterocycles. The Morgan fingerprint density at radius 3 is 2.31 bits per heavy atom. The number of nitro groups is 1. The molecule has 0 radical (unpaired) electrons. The molecule has 3 rings (SSSR count). The lowest BCUT2D eigenvalue weighted by molar-refractivity contribution is -0.384. The summed E-state index contributed by atoms with van der Waals surface area (Å²) in [4.78, 5) is 25.9. The van der Waals surface area contributed by atoms with E-state index in [0.717, 1.165) is 19.5 Å². The lowest BCUT2D eigenvalue weighted by Crippen LogP contribution is -2.39. The summed E-state index contributed by atoms with van der Waals surface area (Å²) in [6.45, 7) is 5.76. The van der Waals surface area contributed by atoms with Gasteiger partial charge < -0.3 is 10.2 Å². The molecule has 1 aliphatic rings. The van der Waals surface area contributed by atoms with Gasteiger partial charge in [-0.3, -0.25) is 14.9 Å². The molecule has 29 heavy (non-hydrogen) atoms. The van der Waals surface area contributed by atoms with Crippen molar-refractivity contribution in [2.45, 2.75) is 20.3 Å². The van der Waals surface area contributed by atoms with Gasteiger partial charge in [-0.1, -0.05) is 48.7 Å². The molecule has 1 fully saturated rings. The quantitative estimate of drug-likeness (QED) is 0.333.